The molecule has 0 unspecified atom stereocenters. The van der Waals surface area contributed by atoms with Gasteiger partial charge in [0, 0.05) is 66.6 Å². The van der Waals surface area contributed by atoms with Crippen LogP contribution >= 0.6 is 0 Å². The lowest BCUT2D eigenvalue weighted by Crippen LogP contribution is -1.95. The first-order valence-electron chi connectivity index (χ1n) is 23.3. The third-order valence-electron chi connectivity index (χ3n) is 14.8. The number of fused-ring (bicyclic) bond motifs is 15. The zero-order valence-electron chi connectivity index (χ0n) is 36.5. The Balaban J connectivity index is 0.914. The molecule has 0 spiro atoms. The van der Waals surface area contributed by atoms with Crippen LogP contribution in [-0.4, -0.2) is 9.13 Å². The Morgan fingerprint density at radius 1 is 0.235 bits per heavy atom. The third-order valence-corrected chi connectivity index (χ3v) is 14.8. The van der Waals surface area contributed by atoms with Crippen molar-refractivity contribution in [3.63, 3.8) is 0 Å². The maximum Gasteiger partial charge on any atom is 0.137 e. The van der Waals surface area contributed by atoms with Crippen molar-refractivity contribution in [2.75, 3.05) is 0 Å². The molecule has 4 heteroatoms. The molecule has 0 atom stereocenters. The largest absolute Gasteiger partial charge is 0.456 e. The molecule has 0 fully saturated rings. The molecule has 0 saturated heterocycles. The first-order chi connectivity index (χ1) is 33.7. The molecular weight excluding hydrogens is 829 g/mol. The lowest BCUT2D eigenvalue weighted by atomic mass is 9.94. The van der Waals surface area contributed by atoms with Crippen molar-refractivity contribution < 1.29 is 8.83 Å². The van der Waals surface area contributed by atoms with Crippen LogP contribution in [0.3, 0.4) is 0 Å². The highest BCUT2D eigenvalue weighted by atomic mass is 16.3. The highest BCUT2D eigenvalue weighted by molar-refractivity contribution is 6.21. The molecule has 0 saturated carbocycles. The Labute approximate surface area is 388 Å². The van der Waals surface area contributed by atoms with Gasteiger partial charge < -0.3 is 18.0 Å². The van der Waals surface area contributed by atoms with E-state index >= 15 is 0 Å². The predicted molar refractivity (Wildman–Crippen MR) is 282 cm³/mol. The fourth-order valence-electron chi connectivity index (χ4n) is 11.8. The molecule has 1 aliphatic rings. The Morgan fingerprint density at radius 2 is 0.721 bits per heavy atom. The summed E-state index contributed by atoms with van der Waals surface area (Å²) in [6.07, 6.45) is 0. The van der Waals surface area contributed by atoms with E-state index in [0.29, 0.717) is 0 Å². The van der Waals surface area contributed by atoms with Gasteiger partial charge in [0.1, 0.15) is 22.3 Å². The lowest BCUT2D eigenvalue weighted by Gasteiger charge is -2.13. The highest BCUT2D eigenvalue weighted by Gasteiger charge is 2.24. The predicted octanol–water partition coefficient (Wildman–Crippen LogP) is 17.8. The van der Waals surface area contributed by atoms with Crippen molar-refractivity contribution >= 4 is 98.3 Å². The number of hydrogen-bond acceptors (Lipinski definition) is 2. The van der Waals surface area contributed by atoms with E-state index in [0.717, 1.165) is 88.4 Å². The van der Waals surface area contributed by atoms with Crippen LogP contribution < -0.4 is 0 Å². The molecule has 4 nitrogen and oxygen atoms in total. The second kappa shape index (κ2) is 13.3. The van der Waals surface area contributed by atoms with Gasteiger partial charge in [-0.15, -0.1) is 0 Å². The average molecular weight is 865 g/mol. The maximum atomic E-state index is 6.57. The number of hydrogen-bond donors (Lipinski definition) is 0. The summed E-state index contributed by atoms with van der Waals surface area (Å²) in [6, 6.07) is 79.7. The van der Waals surface area contributed by atoms with Crippen LogP contribution in [0.1, 0.15) is 0 Å². The number of benzene rings is 11. The molecule has 15 aromatic rings. The Bertz CT molecular complexity index is 4640. The van der Waals surface area contributed by atoms with Crippen LogP contribution in [0.2, 0.25) is 0 Å². The van der Waals surface area contributed by atoms with E-state index in [1.165, 1.54) is 65.7 Å². The van der Waals surface area contributed by atoms with Gasteiger partial charge in [-0.3, -0.25) is 0 Å². The van der Waals surface area contributed by atoms with Crippen molar-refractivity contribution in [1.82, 2.24) is 9.13 Å². The standard InChI is InChI=1S/C64H36N2O2/c1-2-13-40(14-3-1)65-56-28-24-37(31-50(56)52-33-54-45-18-6-8-22-60(45)67-62(54)35-58(52)65)38-25-29-57-51(32-38)53-34-55-46-19-7-9-23-61(46)68-63(55)36-59(53)66(57)41-15-10-12-39(30-41)42-26-27-49-44-17-5-4-16-43(44)48-21-11-20-47(42)64(48)49/h1-36H. The minimum absolute atomic E-state index is 0.881. The van der Waals surface area contributed by atoms with E-state index in [1.807, 2.05) is 12.1 Å². The quantitative estimate of drug-likeness (QED) is 0.177. The summed E-state index contributed by atoms with van der Waals surface area (Å²) < 4.78 is 17.8. The first-order valence-corrected chi connectivity index (χ1v) is 23.3. The normalized spacial score (nSPS) is 12.4. The average Bonchev–Trinajstić information content (AvgIpc) is 4.19. The topological polar surface area (TPSA) is 36.1 Å². The smallest absolute Gasteiger partial charge is 0.137 e. The second-order valence-corrected chi connectivity index (χ2v) is 18.4. The van der Waals surface area contributed by atoms with Crippen LogP contribution in [0.25, 0.3) is 154 Å². The second-order valence-electron chi connectivity index (χ2n) is 18.4. The summed E-state index contributed by atoms with van der Waals surface area (Å²) in [4.78, 5) is 0. The SMILES string of the molecule is c1ccc(-n2c3ccc(-c4ccc5c(c4)c4cc6c(cc4n5-c4cccc(-c5ccc7c8c(cccc58)-c5ccccc5-7)c4)oc4ccccc46)cc3c3cc4c(cc32)oc2ccccc24)cc1. The van der Waals surface area contributed by atoms with Crippen molar-refractivity contribution in [1.29, 1.82) is 0 Å². The fraction of sp³-hybridized carbons (Fsp3) is 0. The highest BCUT2D eigenvalue weighted by Crippen LogP contribution is 2.50. The Hall–Kier alpha value is -9.12. The number of nitrogens with zero attached hydrogens (tertiary/aromatic N) is 2. The first kappa shape index (κ1) is 36.1. The molecule has 0 aliphatic heterocycles. The zero-order chi connectivity index (χ0) is 44.2. The summed E-state index contributed by atoms with van der Waals surface area (Å²) in [6.45, 7) is 0. The van der Waals surface area contributed by atoms with Crippen molar-refractivity contribution in [2.45, 2.75) is 0 Å². The fourth-order valence-corrected chi connectivity index (χ4v) is 11.8. The number of furan rings is 2. The van der Waals surface area contributed by atoms with Gasteiger partial charge in [0.25, 0.3) is 0 Å². The molecule has 4 heterocycles. The van der Waals surface area contributed by atoms with Gasteiger partial charge >= 0.3 is 0 Å². The van der Waals surface area contributed by atoms with Crippen LogP contribution in [-0.2, 0) is 0 Å². The number of para-hydroxylation sites is 3. The van der Waals surface area contributed by atoms with Gasteiger partial charge in [0.05, 0.1) is 22.1 Å². The van der Waals surface area contributed by atoms with Crippen molar-refractivity contribution in [3.05, 3.63) is 218 Å². The Morgan fingerprint density at radius 3 is 1.37 bits per heavy atom. The molecular formula is C64H36N2O2. The molecule has 68 heavy (non-hydrogen) atoms. The molecule has 314 valence electrons. The number of rotatable bonds is 4. The molecule has 0 bridgehead atoms. The molecule has 0 amide bonds. The maximum absolute atomic E-state index is 6.57. The minimum Gasteiger partial charge on any atom is -0.456 e. The van der Waals surface area contributed by atoms with Crippen LogP contribution in [0.4, 0.5) is 0 Å². The van der Waals surface area contributed by atoms with Crippen molar-refractivity contribution in [2.24, 2.45) is 0 Å². The summed E-state index contributed by atoms with van der Waals surface area (Å²) in [7, 11) is 0. The molecule has 16 rings (SSSR count). The van der Waals surface area contributed by atoms with Gasteiger partial charge in [0.15, 0.2) is 0 Å². The molecule has 1 aliphatic carbocycles. The molecule has 4 aromatic heterocycles. The van der Waals surface area contributed by atoms with E-state index in [9.17, 15) is 0 Å². The van der Waals surface area contributed by atoms with E-state index in [1.54, 1.807) is 0 Å². The third kappa shape index (κ3) is 4.87. The van der Waals surface area contributed by atoms with E-state index in [-0.39, 0.29) is 0 Å². The monoisotopic (exact) mass is 864 g/mol. The zero-order valence-corrected chi connectivity index (χ0v) is 36.5. The van der Waals surface area contributed by atoms with Crippen molar-refractivity contribution in [3.8, 4) is 55.9 Å². The number of aromatic nitrogens is 2. The summed E-state index contributed by atoms with van der Waals surface area (Å²) >= 11 is 0. The van der Waals surface area contributed by atoms with Gasteiger partial charge in [-0.05, 0) is 128 Å². The molecule has 0 radical (unpaired) electrons. The van der Waals surface area contributed by atoms with E-state index < -0.39 is 0 Å². The van der Waals surface area contributed by atoms with Crippen LogP contribution in [0.15, 0.2) is 227 Å². The van der Waals surface area contributed by atoms with Crippen LogP contribution in [0.5, 0.6) is 0 Å². The minimum atomic E-state index is 0.881. The van der Waals surface area contributed by atoms with E-state index in [4.69, 9.17) is 8.83 Å². The Kier molecular flexibility index (Phi) is 7.04. The van der Waals surface area contributed by atoms with Gasteiger partial charge in [-0.2, -0.15) is 0 Å². The van der Waals surface area contributed by atoms with Gasteiger partial charge in [-0.1, -0.05) is 133 Å². The molecule has 11 aromatic carbocycles. The van der Waals surface area contributed by atoms with E-state index in [2.05, 4.69) is 215 Å². The summed E-state index contributed by atoms with van der Waals surface area (Å²) in [5, 5.41) is 11.9. The lowest BCUT2D eigenvalue weighted by molar-refractivity contribution is 0.669. The summed E-state index contributed by atoms with van der Waals surface area (Å²) in [5.41, 5.74) is 20.3. The van der Waals surface area contributed by atoms with Gasteiger partial charge in [-0.25, -0.2) is 0 Å². The van der Waals surface area contributed by atoms with Crippen LogP contribution in [0, 0.1) is 0 Å². The molecule has 0 N–H and O–H groups in total. The van der Waals surface area contributed by atoms with Gasteiger partial charge in [0.2, 0.25) is 0 Å². The summed E-state index contributed by atoms with van der Waals surface area (Å²) in [5.74, 6) is 0.